The topological polar surface area (TPSA) is 111 Å². The van der Waals surface area contributed by atoms with Crippen LogP contribution in [0.1, 0.15) is 16.9 Å². The maximum Gasteiger partial charge on any atom is 0.271 e. The van der Waals surface area contributed by atoms with Gasteiger partial charge in [-0.15, -0.1) is 0 Å². The zero-order valence-corrected chi connectivity index (χ0v) is 11.7. The van der Waals surface area contributed by atoms with E-state index in [-0.39, 0.29) is 29.4 Å². The van der Waals surface area contributed by atoms with Crippen LogP contribution in [0.5, 0.6) is 0 Å². The van der Waals surface area contributed by atoms with Gasteiger partial charge in [0.15, 0.2) is 5.13 Å². The Morgan fingerprint density at radius 1 is 1.33 bits per heavy atom. The van der Waals surface area contributed by atoms with Gasteiger partial charge >= 0.3 is 0 Å². The number of nitrogens with one attached hydrogen (secondary N) is 1. The summed E-state index contributed by atoms with van der Waals surface area (Å²) in [6, 6.07) is 6.04. The minimum atomic E-state index is -0.526. The molecule has 2 rings (SSSR count). The number of anilines is 1. The predicted molar refractivity (Wildman–Crippen MR) is 78.1 cm³/mol. The van der Waals surface area contributed by atoms with Crippen molar-refractivity contribution in [3.8, 4) is 10.4 Å². The van der Waals surface area contributed by atoms with Gasteiger partial charge in [0.25, 0.3) is 5.91 Å². The van der Waals surface area contributed by atoms with Crippen molar-refractivity contribution in [2.45, 2.75) is 6.42 Å². The Kier molecular flexibility index (Phi) is 4.49. The number of carbonyl (C=O) groups excluding carboxylic acids is 2. The highest BCUT2D eigenvalue weighted by atomic mass is 32.1. The lowest BCUT2D eigenvalue weighted by Crippen LogP contribution is -2.28. The molecule has 1 heterocycles. The van der Waals surface area contributed by atoms with Gasteiger partial charge in [-0.3, -0.25) is 9.59 Å². The number of thiazole rings is 1. The van der Waals surface area contributed by atoms with E-state index in [9.17, 15) is 14.0 Å². The molecule has 8 heteroatoms. The maximum atomic E-state index is 13.8. The van der Waals surface area contributed by atoms with Crippen LogP contribution in [0.3, 0.4) is 0 Å². The number of nitrogen functional groups attached to an aromatic ring is 1. The number of benzene rings is 1. The maximum absolute atomic E-state index is 13.8. The highest BCUT2D eigenvalue weighted by Crippen LogP contribution is 2.33. The van der Waals surface area contributed by atoms with E-state index in [0.717, 1.165) is 11.3 Å². The Hall–Kier alpha value is -2.48. The van der Waals surface area contributed by atoms with Gasteiger partial charge in [0.1, 0.15) is 11.5 Å². The largest absolute Gasteiger partial charge is 0.375 e. The number of hydrogen-bond acceptors (Lipinski definition) is 5. The Balaban J connectivity index is 2.27. The fourth-order valence-electron chi connectivity index (χ4n) is 1.70. The summed E-state index contributed by atoms with van der Waals surface area (Å²) in [5, 5.41) is 2.66. The fourth-order valence-corrected chi connectivity index (χ4v) is 2.56. The number of rotatable bonds is 5. The summed E-state index contributed by atoms with van der Waals surface area (Å²) in [6.07, 6.45) is 0.0143. The van der Waals surface area contributed by atoms with Crippen LogP contribution in [-0.2, 0) is 4.79 Å². The number of nitrogens with zero attached hydrogens (tertiary/aromatic N) is 1. The summed E-state index contributed by atoms with van der Waals surface area (Å²) in [4.78, 5) is 27.0. The number of carbonyl (C=O) groups is 2. The molecule has 0 aliphatic carbocycles. The lowest BCUT2D eigenvalue weighted by molar-refractivity contribution is -0.117. The first-order valence-corrected chi connectivity index (χ1v) is 6.88. The number of aromatic nitrogens is 1. The van der Waals surface area contributed by atoms with Crippen LogP contribution in [-0.4, -0.2) is 23.3 Å². The summed E-state index contributed by atoms with van der Waals surface area (Å²) in [5.74, 6) is -1.52. The molecular weight excluding hydrogens is 295 g/mol. The molecule has 0 saturated heterocycles. The minimum absolute atomic E-state index is 0.0143. The summed E-state index contributed by atoms with van der Waals surface area (Å²) in [6.45, 7) is 0.0856. The molecule has 0 saturated carbocycles. The highest BCUT2D eigenvalue weighted by molar-refractivity contribution is 7.19. The molecule has 5 N–H and O–H groups in total. The summed E-state index contributed by atoms with van der Waals surface area (Å²) in [7, 11) is 0. The number of halogens is 1. The summed E-state index contributed by atoms with van der Waals surface area (Å²) >= 11 is 1.02. The number of amides is 2. The van der Waals surface area contributed by atoms with Crippen LogP contribution in [0.2, 0.25) is 0 Å². The quantitative estimate of drug-likeness (QED) is 0.769. The first-order valence-electron chi connectivity index (χ1n) is 6.06. The molecule has 0 fully saturated rings. The molecule has 0 aliphatic rings. The molecule has 0 aliphatic heterocycles. The van der Waals surface area contributed by atoms with E-state index < -0.39 is 17.6 Å². The summed E-state index contributed by atoms with van der Waals surface area (Å²) < 4.78 is 13.8. The Labute approximate surface area is 124 Å². The molecule has 21 heavy (non-hydrogen) atoms. The van der Waals surface area contributed by atoms with Crippen molar-refractivity contribution < 1.29 is 14.0 Å². The van der Waals surface area contributed by atoms with Gasteiger partial charge in [-0.1, -0.05) is 29.5 Å². The standard InChI is InChI=1S/C13H13FN4O2S/c14-8-4-2-1-3-7(8)11-10(18-13(16)21-11)12(20)17-6-5-9(15)19/h1-4H,5-6H2,(H2,15,19)(H2,16,18)(H,17,20). The SMILES string of the molecule is NC(=O)CCNC(=O)c1nc(N)sc1-c1ccccc1F. The average molecular weight is 308 g/mol. The van der Waals surface area contributed by atoms with E-state index >= 15 is 0 Å². The molecule has 2 amide bonds. The highest BCUT2D eigenvalue weighted by Gasteiger charge is 2.20. The van der Waals surface area contributed by atoms with Gasteiger partial charge in [-0.2, -0.15) is 0 Å². The minimum Gasteiger partial charge on any atom is -0.375 e. The van der Waals surface area contributed by atoms with Crippen molar-refractivity contribution in [1.29, 1.82) is 0 Å². The molecule has 0 spiro atoms. The third kappa shape index (κ3) is 3.54. The second kappa shape index (κ2) is 6.31. The molecule has 6 nitrogen and oxygen atoms in total. The second-order valence-electron chi connectivity index (χ2n) is 4.18. The average Bonchev–Trinajstić information content (AvgIpc) is 2.80. The molecule has 0 bridgehead atoms. The van der Waals surface area contributed by atoms with Gasteiger partial charge in [-0.25, -0.2) is 9.37 Å². The third-order valence-corrected chi connectivity index (χ3v) is 3.55. The van der Waals surface area contributed by atoms with Gasteiger partial charge in [0, 0.05) is 18.5 Å². The molecule has 0 unspecified atom stereocenters. The Morgan fingerprint density at radius 2 is 2.05 bits per heavy atom. The lowest BCUT2D eigenvalue weighted by atomic mass is 10.1. The van der Waals surface area contributed by atoms with Gasteiger partial charge in [0.05, 0.1) is 4.88 Å². The van der Waals surface area contributed by atoms with Crippen LogP contribution < -0.4 is 16.8 Å². The van der Waals surface area contributed by atoms with E-state index in [4.69, 9.17) is 11.5 Å². The van der Waals surface area contributed by atoms with Crippen molar-refractivity contribution in [2.75, 3.05) is 12.3 Å². The van der Waals surface area contributed by atoms with Crippen LogP contribution in [0.4, 0.5) is 9.52 Å². The molecule has 110 valence electrons. The van der Waals surface area contributed by atoms with Crippen LogP contribution >= 0.6 is 11.3 Å². The van der Waals surface area contributed by atoms with E-state index in [1.165, 1.54) is 6.07 Å². The summed E-state index contributed by atoms with van der Waals surface area (Å²) in [5.41, 5.74) is 10.9. The van der Waals surface area contributed by atoms with Crippen molar-refractivity contribution in [3.05, 3.63) is 35.8 Å². The third-order valence-electron chi connectivity index (χ3n) is 2.63. The zero-order chi connectivity index (χ0) is 15.4. The molecule has 1 aromatic carbocycles. The van der Waals surface area contributed by atoms with Crippen molar-refractivity contribution in [2.24, 2.45) is 5.73 Å². The molecular formula is C13H13FN4O2S. The predicted octanol–water partition coefficient (Wildman–Crippen LogP) is 1.14. The lowest BCUT2D eigenvalue weighted by Gasteiger charge is -2.04. The smallest absolute Gasteiger partial charge is 0.271 e. The second-order valence-corrected chi connectivity index (χ2v) is 5.21. The zero-order valence-electron chi connectivity index (χ0n) is 10.9. The normalized spacial score (nSPS) is 10.3. The molecule has 0 atom stereocenters. The van der Waals surface area contributed by atoms with E-state index in [2.05, 4.69) is 10.3 Å². The van der Waals surface area contributed by atoms with E-state index in [1.54, 1.807) is 18.2 Å². The van der Waals surface area contributed by atoms with E-state index in [1.807, 2.05) is 0 Å². The van der Waals surface area contributed by atoms with Gasteiger partial charge in [0.2, 0.25) is 5.91 Å². The number of primary amides is 1. The first kappa shape index (κ1) is 14.9. The Bertz CT molecular complexity index is 687. The van der Waals surface area contributed by atoms with Crippen LogP contribution in [0, 0.1) is 5.82 Å². The molecule has 0 radical (unpaired) electrons. The van der Waals surface area contributed by atoms with Crippen molar-refractivity contribution >= 4 is 28.3 Å². The molecule has 1 aromatic heterocycles. The van der Waals surface area contributed by atoms with Gasteiger partial charge < -0.3 is 16.8 Å². The van der Waals surface area contributed by atoms with E-state index in [0.29, 0.717) is 4.88 Å². The monoisotopic (exact) mass is 308 g/mol. The first-order chi connectivity index (χ1) is 9.99. The number of hydrogen-bond donors (Lipinski definition) is 3. The van der Waals surface area contributed by atoms with Crippen molar-refractivity contribution in [3.63, 3.8) is 0 Å². The number of nitrogens with two attached hydrogens (primary N) is 2. The molecule has 2 aromatic rings. The Morgan fingerprint density at radius 3 is 2.71 bits per heavy atom. The van der Waals surface area contributed by atoms with Crippen LogP contribution in [0.25, 0.3) is 10.4 Å². The van der Waals surface area contributed by atoms with Crippen LogP contribution in [0.15, 0.2) is 24.3 Å². The van der Waals surface area contributed by atoms with Gasteiger partial charge in [-0.05, 0) is 6.07 Å². The van der Waals surface area contributed by atoms with Crippen molar-refractivity contribution in [1.82, 2.24) is 10.3 Å². The fraction of sp³-hybridized carbons (Fsp3) is 0.154.